The maximum Gasteiger partial charge on any atom is 0.255 e. The van der Waals surface area contributed by atoms with Crippen molar-refractivity contribution in [2.45, 2.75) is 70.2 Å². The van der Waals surface area contributed by atoms with Crippen molar-refractivity contribution in [3.63, 3.8) is 0 Å². The van der Waals surface area contributed by atoms with Gasteiger partial charge in [0, 0.05) is 19.5 Å². The molecule has 8 nitrogen and oxygen atoms in total. The van der Waals surface area contributed by atoms with E-state index >= 15 is 0 Å². The molecule has 0 aromatic heterocycles. The molecule has 0 bridgehead atoms. The second-order valence-electron chi connectivity index (χ2n) is 9.29. The number of allylic oxidation sites excluding steroid dienone is 1. The molecule has 5 unspecified atom stereocenters. The Balaban J connectivity index is 1.83. The first-order chi connectivity index (χ1) is 15.7. The first kappa shape index (κ1) is 25.1. The lowest BCUT2D eigenvalue weighted by molar-refractivity contribution is 0.0272. The molecule has 1 aromatic rings. The number of likely N-dealkylation sites (N-methyl/N-ethyl adjacent to an activating group) is 1. The largest absolute Gasteiger partial charge is 0.492 e. The summed E-state index contributed by atoms with van der Waals surface area (Å²) in [7, 11) is 1.95. The molecule has 0 radical (unpaired) electrons. The van der Waals surface area contributed by atoms with Gasteiger partial charge in [0.15, 0.2) is 0 Å². The number of carbonyl (C=O) groups excluding carboxylic acids is 1. The molecule has 1 aromatic carbocycles. The summed E-state index contributed by atoms with van der Waals surface area (Å²) >= 11 is 0. The molecule has 2 heterocycles. The quantitative estimate of drug-likeness (QED) is 0.351. The third-order valence-electron chi connectivity index (χ3n) is 7.16. The van der Waals surface area contributed by atoms with Crippen LogP contribution in [0, 0.1) is 0 Å². The van der Waals surface area contributed by atoms with Crippen molar-refractivity contribution < 1.29 is 14.6 Å². The molecule has 8 heteroatoms. The van der Waals surface area contributed by atoms with Crippen molar-refractivity contribution in [3.05, 3.63) is 41.6 Å². The number of carbonyl (C=O) groups is 1. The van der Waals surface area contributed by atoms with E-state index in [9.17, 15) is 9.90 Å². The van der Waals surface area contributed by atoms with Crippen LogP contribution >= 0.6 is 0 Å². The third kappa shape index (κ3) is 5.01. The van der Waals surface area contributed by atoms with Crippen LogP contribution in [0.3, 0.4) is 0 Å². The van der Waals surface area contributed by atoms with Crippen LogP contribution in [-0.2, 0) is 0 Å². The van der Waals surface area contributed by atoms with Crippen molar-refractivity contribution in [1.82, 2.24) is 15.5 Å². The van der Waals surface area contributed by atoms with Crippen LogP contribution in [0.15, 0.2) is 35.5 Å². The number of ether oxygens (including phenoxy) is 1. The summed E-state index contributed by atoms with van der Waals surface area (Å²) in [5.41, 5.74) is 6.94. The average molecular weight is 458 g/mol. The predicted molar refractivity (Wildman–Crippen MR) is 132 cm³/mol. The monoisotopic (exact) mass is 457 g/mol. The van der Waals surface area contributed by atoms with Crippen LogP contribution in [0.5, 0.6) is 5.75 Å². The van der Waals surface area contributed by atoms with Gasteiger partial charge in [0.05, 0.1) is 41.7 Å². The van der Waals surface area contributed by atoms with Gasteiger partial charge in [-0.25, -0.2) is 0 Å². The number of likely N-dealkylation sites (tertiary alicyclic amines) is 1. The zero-order chi connectivity index (χ0) is 24.2. The number of fused-ring (bicyclic) bond motifs is 1. The van der Waals surface area contributed by atoms with E-state index < -0.39 is 17.7 Å². The normalized spacial score (nSPS) is 28.9. The summed E-state index contributed by atoms with van der Waals surface area (Å²) in [6, 6.07) is 4.94. The van der Waals surface area contributed by atoms with Crippen LogP contribution in [0.1, 0.15) is 62.4 Å². The van der Waals surface area contributed by atoms with E-state index in [4.69, 9.17) is 15.5 Å². The van der Waals surface area contributed by atoms with E-state index in [0.717, 1.165) is 12.0 Å². The van der Waals surface area contributed by atoms with Crippen LogP contribution in [0.4, 0.5) is 0 Å². The number of para-hydroxylation sites is 1. The summed E-state index contributed by atoms with van der Waals surface area (Å²) in [6.07, 6.45) is 4.50. The Morgan fingerprint density at radius 1 is 1.48 bits per heavy atom. The molecule has 182 valence electrons. The van der Waals surface area contributed by atoms with Crippen LogP contribution in [-0.4, -0.2) is 72.2 Å². The number of amidine groups is 1. The van der Waals surface area contributed by atoms with Gasteiger partial charge in [0.2, 0.25) is 0 Å². The summed E-state index contributed by atoms with van der Waals surface area (Å²) in [5.74, 6) is 1.31. The van der Waals surface area contributed by atoms with E-state index in [2.05, 4.69) is 22.5 Å². The molecule has 1 fully saturated rings. The summed E-state index contributed by atoms with van der Waals surface area (Å²) in [6.45, 7) is 9.63. The lowest BCUT2D eigenvalue weighted by Gasteiger charge is -2.40. The van der Waals surface area contributed by atoms with Crippen molar-refractivity contribution in [2.24, 2.45) is 10.7 Å². The second-order valence-corrected chi connectivity index (χ2v) is 9.29. The van der Waals surface area contributed by atoms with Gasteiger partial charge in [0.1, 0.15) is 5.75 Å². The van der Waals surface area contributed by atoms with Crippen molar-refractivity contribution >= 4 is 11.7 Å². The fourth-order valence-corrected chi connectivity index (χ4v) is 4.79. The number of hydrogen-bond acceptors (Lipinski definition) is 6. The Kier molecular flexibility index (Phi) is 8.02. The standard InChI is InChI=1S/C25H39N5O3/c1-6-12-27-14-20(29-21(26)7-2)25(4)23(31)19(15-30(25)5)28-24(32)18-10-8-9-17-16(3)11-13-33-22(17)18/h6,8-10,12,16,19-20,23,27,31H,7,11,13-15H2,1-5H3,(H2,26,29)(H,28,32)/b12-6-. The zero-order valence-electron chi connectivity index (χ0n) is 20.5. The molecule has 2 aliphatic rings. The lowest BCUT2D eigenvalue weighted by Crippen LogP contribution is -2.59. The summed E-state index contributed by atoms with van der Waals surface area (Å²) in [5, 5.41) is 17.7. The predicted octanol–water partition coefficient (Wildman–Crippen LogP) is 2.00. The molecule has 5 atom stereocenters. The fourth-order valence-electron chi connectivity index (χ4n) is 4.79. The third-order valence-corrected chi connectivity index (χ3v) is 7.16. The number of benzene rings is 1. The Morgan fingerprint density at radius 3 is 2.94 bits per heavy atom. The molecular formula is C25H39N5O3. The maximum atomic E-state index is 13.3. The lowest BCUT2D eigenvalue weighted by atomic mass is 9.85. The molecule has 1 saturated heterocycles. The van der Waals surface area contributed by atoms with Gasteiger partial charge in [0.25, 0.3) is 5.91 Å². The zero-order valence-corrected chi connectivity index (χ0v) is 20.5. The minimum atomic E-state index is -0.836. The van der Waals surface area contributed by atoms with E-state index in [1.54, 1.807) is 6.07 Å². The minimum Gasteiger partial charge on any atom is -0.492 e. The van der Waals surface area contributed by atoms with Gasteiger partial charge in [-0.1, -0.05) is 32.1 Å². The van der Waals surface area contributed by atoms with Gasteiger partial charge >= 0.3 is 0 Å². The van der Waals surface area contributed by atoms with Gasteiger partial charge in [-0.15, -0.1) is 0 Å². The number of nitrogens with one attached hydrogen (secondary N) is 2. The number of aliphatic hydroxyl groups is 1. The SMILES string of the molecule is C/C=C\NCC(N=C(N)CC)C1(C)C(O)C(NC(=O)c2cccc3c2OCCC3C)CN1C. The van der Waals surface area contributed by atoms with E-state index in [1.807, 2.05) is 52.2 Å². The van der Waals surface area contributed by atoms with Gasteiger partial charge in [-0.2, -0.15) is 0 Å². The maximum absolute atomic E-state index is 13.3. The summed E-state index contributed by atoms with van der Waals surface area (Å²) < 4.78 is 5.87. The minimum absolute atomic E-state index is 0.234. The highest BCUT2D eigenvalue weighted by molar-refractivity contribution is 5.97. The van der Waals surface area contributed by atoms with E-state index in [1.165, 1.54) is 0 Å². The molecule has 33 heavy (non-hydrogen) atoms. The van der Waals surface area contributed by atoms with Gasteiger partial charge in [-0.3, -0.25) is 14.7 Å². The Bertz CT molecular complexity index is 902. The van der Waals surface area contributed by atoms with E-state index in [-0.39, 0.29) is 11.9 Å². The first-order valence-electron chi connectivity index (χ1n) is 11.9. The Labute approximate surface area is 197 Å². The Hall–Kier alpha value is -2.58. The molecule has 5 N–H and O–H groups in total. The molecule has 0 spiro atoms. The number of aliphatic imine (C=N–C) groups is 1. The van der Waals surface area contributed by atoms with Gasteiger partial charge in [-0.05, 0) is 51.1 Å². The smallest absolute Gasteiger partial charge is 0.255 e. The topological polar surface area (TPSA) is 112 Å². The van der Waals surface area contributed by atoms with Crippen molar-refractivity contribution in [1.29, 1.82) is 0 Å². The highest BCUT2D eigenvalue weighted by Gasteiger charge is 2.53. The number of nitrogens with zero attached hydrogens (tertiary/aromatic N) is 2. The van der Waals surface area contributed by atoms with Crippen LogP contribution < -0.4 is 21.1 Å². The van der Waals surface area contributed by atoms with Crippen LogP contribution in [0.25, 0.3) is 0 Å². The molecule has 0 aliphatic carbocycles. The summed E-state index contributed by atoms with van der Waals surface area (Å²) in [4.78, 5) is 20.0. The number of nitrogens with two attached hydrogens (primary N) is 1. The number of amides is 1. The molecular weight excluding hydrogens is 418 g/mol. The number of aliphatic hydroxyl groups excluding tert-OH is 1. The first-order valence-corrected chi connectivity index (χ1v) is 11.9. The van der Waals surface area contributed by atoms with Gasteiger partial charge < -0.3 is 26.2 Å². The molecule has 3 rings (SSSR count). The number of rotatable bonds is 8. The Morgan fingerprint density at radius 2 is 2.24 bits per heavy atom. The highest BCUT2D eigenvalue weighted by Crippen LogP contribution is 2.37. The fraction of sp³-hybridized carbons (Fsp3) is 0.600. The van der Waals surface area contributed by atoms with E-state index in [0.29, 0.717) is 49.2 Å². The van der Waals surface area contributed by atoms with Crippen molar-refractivity contribution in [2.75, 3.05) is 26.7 Å². The molecule has 1 amide bonds. The van der Waals surface area contributed by atoms with Crippen LogP contribution in [0.2, 0.25) is 0 Å². The average Bonchev–Trinajstić information content (AvgIpc) is 3.02. The second kappa shape index (κ2) is 10.6. The number of hydrogen-bond donors (Lipinski definition) is 4. The highest BCUT2D eigenvalue weighted by atomic mass is 16.5. The van der Waals surface area contributed by atoms with Crippen molar-refractivity contribution in [3.8, 4) is 5.75 Å². The molecule has 0 saturated carbocycles. The molecule has 2 aliphatic heterocycles.